The molecule has 0 saturated carbocycles. The second-order valence-electron chi connectivity index (χ2n) is 0.671. The minimum Gasteiger partial charge on any atom is -0.854 e. The first kappa shape index (κ1) is 77.3. The summed E-state index contributed by atoms with van der Waals surface area (Å²) in [5, 5.41) is 0. The molecule has 0 fully saturated rings. The van der Waals surface area contributed by atoms with Crippen molar-refractivity contribution < 1.29 is 310 Å². The average Bonchev–Trinajstić information content (AvgIpc) is 1.54. The molecule has 0 saturated heterocycles. The Bertz CT molecular complexity index is 59.0. The minimum atomic E-state index is -3.37. The monoisotopic (exact) mass is 444 g/mol. The van der Waals surface area contributed by atoms with Gasteiger partial charge in [-0.05, 0) is 0 Å². The fraction of sp³-hybridized carbons (Fsp3) is 0. The predicted molar refractivity (Wildman–Crippen MR) is 20.8 cm³/mol. The summed E-state index contributed by atoms with van der Waals surface area (Å²) in [4.78, 5) is 76.3. The van der Waals surface area contributed by atoms with E-state index in [4.69, 9.17) is 44.0 Å². The van der Waals surface area contributed by atoms with Crippen molar-refractivity contribution in [2.75, 3.05) is 0 Å². The summed E-state index contributed by atoms with van der Waals surface area (Å²) in [5.41, 5.74) is 0. The van der Waals surface area contributed by atoms with E-state index in [0.29, 0.717) is 0 Å². The van der Waals surface area contributed by atoms with Gasteiger partial charge in [0.2, 0.25) is 0 Å². The molecule has 0 rings (SSSR count). The first-order valence-corrected chi connectivity index (χ1v) is 4.93. The van der Waals surface area contributed by atoms with Gasteiger partial charge in [0.05, 0.1) is 0 Å². The molecule has 0 aromatic heterocycles. The van der Waals surface area contributed by atoms with Crippen molar-refractivity contribution in [3.05, 3.63) is 0 Å². The van der Waals surface area contributed by atoms with Crippen molar-refractivity contribution in [3.8, 4) is 0 Å². The SMILES string of the molecule is [Na+].[Na+].[Na+].[Na+].[Na+].[Na+].[Na+].[Na+].[Na+].[O-]P([O-])[O-].[O-]P([O-])[O-].[O-]P([O-])[O-]. The molecule has 0 atom stereocenters. The van der Waals surface area contributed by atoms with E-state index in [1.54, 1.807) is 0 Å². The summed E-state index contributed by atoms with van der Waals surface area (Å²) in [6.07, 6.45) is 0. The summed E-state index contributed by atoms with van der Waals surface area (Å²) in [6.45, 7) is 0. The number of rotatable bonds is 0. The number of hydrogen-bond acceptors (Lipinski definition) is 9. The quantitative estimate of drug-likeness (QED) is 0.256. The Balaban J connectivity index is -0.00000000476. The summed E-state index contributed by atoms with van der Waals surface area (Å²) in [6, 6.07) is 0. The van der Waals surface area contributed by atoms with Crippen LogP contribution in [0, 0.1) is 0 Å². The Morgan fingerprint density at radius 1 is 0.238 bits per heavy atom. The third-order valence-electron chi connectivity index (χ3n) is 0. The molecule has 0 aliphatic rings. The normalized spacial score (nSPS) is 5.14. The first-order chi connectivity index (χ1) is 5.20. The van der Waals surface area contributed by atoms with Gasteiger partial charge in [0, 0.05) is 0 Å². The zero-order valence-corrected chi connectivity index (χ0v) is 34.7. The molecule has 21 heteroatoms. The van der Waals surface area contributed by atoms with Gasteiger partial charge in [-0.15, -0.1) is 0 Å². The van der Waals surface area contributed by atoms with E-state index >= 15 is 0 Å². The Morgan fingerprint density at radius 2 is 0.238 bits per heavy atom. The molecule has 0 N–H and O–H groups in total. The summed E-state index contributed by atoms with van der Waals surface area (Å²) in [7, 11) is -10.1. The molecule has 21 heavy (non-hydrogen) atoms. The maximum Gasteiger partial charge on any atom is 1.00 e. The molecule has 0 unspecified atom stereocenters. The smallest absolute Gasteiger partial charge is 0.854 e. The molecule has 0 spiro atoms. The van der Waals surface area contributed by atoms with E-state index in [0.717, 1.165) is 0 Å². The molecular formula is Na9O9P3. The van der Waals surface area contributed by atoms with Crippen molar-refractivity contribution in [1.29, 1.82) is 0 Å². The fourth-order valence-electron chi connectivity index (χ4n) is 0. The zero-order valence-electron chi connectivity index (χ0n) is 14.0. The largest absolute Gasteiger partial charge is 1.00 e. The fourth-order valence-corrected chi connectivity index (χ4v) is 0. The van der Waals surface area contributed by atoms with E-state index in [2.05, 4.69) is 0 Å². The van der Waals surface area contributed by atoms with Gasteiger partial charge in [-0.2, -0.15) is 0 Å². The van der Waals surface area contributed by atoms with Gasteiger partial charge in [-0.3, -0.25) is 0 Å². The molecule has 0 aromatic carbocycles. The van der Waals surface area contributed by atoms with Gasteiger partial charge < -0.3 is 69.8 Å². The van der Waals surface area contributed by atoms with Crippen molar-refractivity contribution in [1.82, 2.24) is 0 Å². The van der Waals surface area contributed by atoms with Crippen LogP contribution >= 0.6 is 25.8 Å². The van der Waals surface area contributed by atoms with Crippen LogP contribution in [-0.2, 0) is 0 Å². The van der Waals surface area contributed by atoms with Crippen LogP contribution in [0.2, 0.25) is 0 Å². The van der Waals surface area contributed by atoms with Crippen LogP contribution in [-0.4, -0.2) is 0 Å². The summed E-state index contributed by atoms with van der Waals surface area (Å²) < 4.78 is 0. The minimum absolute atomic E-state index is 0. The summed E-state index contributed by atoms with van der Waals surface area (Å²) in [5.74, 6) is 0. The van der Waals surface area contributed by atoms with Gasteiger partial charge in [-0.1, -0.05) is 0 Å². The standard InChI is InChI=1S/9Na.3O3P/c;;;;;;;;;3*1-4(2)3/q9*+1;3*-3. The van der Waals surface area contributed by atoms with Crippen molar-refractivity contribution >= 4 is 25.8 Å². The van der Waals surface area contributed by atoms with Gasteiger partial charge in [0.1, 0.15) is 0 Å². The molecule has 0 bridgehead atoms. The Hall–Kier alpha value is 9.93. The van der Waals surface area contributed by atoms with Crippen LogP contribution in [0.3, 0.4) is 0 Å². The van der Waals surface area contributed by atoms with E-state index in [1.165, 1.54) is 0 Å². The average molecular weight is 444 g/mol. The second kappa shape index (κ2) is 69.9. The molecule has 0 amide bonds. The van der Waals surface area contributed by atoms with Crippen molar-refractivity contribution in [2.45, 2.75) is 0 Å². The van der Waals surface area contributed by atoms with Crippen LogP contribution in [0.25, 0.3) is 0 Å². The first-order valence-electron chi connectivity index (χ1n) is 1.64. The molecule has 0 aliphatic heterocycles. The van der Waals surface area contributed by atoms with Crippen LogP contribution < -0.4 is 310 Å². The number of hydrogen-bond donors (Lipinski definition) is 0. The third kappa shape index (κ3) is 237. The summed E-state index contributed by atoms with van der Waals surface area (Å²) >= 11 is 0. The van der Waals surface area contributed by atoms with E-state index < -0.39 is 25.8 Å². The molecule has 0 radical (unpaired) electrons. The van der Waals surface area contributed by atoms with Crippen molar-refractivity contribution in [2.24, 2.45) is 0 Å². The van der Waals surface area contributed by atoms with Crippen LogP contribution in [0.15, 0.2) is 0 Å². The topological polar surface area (TPSA) is 208 Å². The Labute approximate surface area is 327 Å². The van der Waals surface area contributed by atoms with Crippen molar-refractivity contribution in [3.63, 3.8) is 0 Å². The molecule has 0 heterocycles. The van der Waals surface area contributed by atoms with Crippen LogP contribution in [0.5, 0.6) is 0 Å². The molecular weight excluding hydrogens is 444 g/mol. The van der Waals surface area contributed by atoms with Gasteiger partial charge in [0.25, 0.3) is 0 Å². The predicted octanol–water partition coefficient (Wildman–Crippen LogP) is -35.1. The van der Waals surface area contributed by atoms with Gasteiger partial charge in [-0.25, -0.2) is 0 Å². The molecule has 78 valence electrons. The van der Waals surface area contributed by atoms with Gasteiger partial charge >= 0.3 is 266 Å². The van der Waals surface area contributed by atoms with E-state index in [-0.39, 0.29) is 266 Å². The Kier molecular flexibility index (Phi) is 257. The zero-order chi connectivity index (χ0) is 10.7. The second-order valence-corrected chi connectivity index (χ2v) is 2.01. The van der Waals surface area contributed by atoms with Crippen LogP contribution in [0.4, 0.5) is 0 Å². The third-order valence-corrected chi connectivity index (χ3v) is 0. The maximum absolute atomic E-state index is 8.48. The molecule has 0 aromatic rings. The van der Waals surface area contributed by atoms with E-state index in [1.807, 2.05) is 0 Å². The Morgan fingerprint density at radius 3 is 0.238 bits per heavy atom. The maximum atomic E-state index is 8.48. The van der Waals surface area contributed by atoms with Crippen LogP contribution in [0.1, 0.15) is 0 Å². The van der Waals surface area contributed by atoms with Gasteiger partial charge in [0.15, 0.2) is 0 Å². The molecule has 0 aliphatic carbocycles. The van der Waals surface area contributed by atoms with E-state index in [9.17, 15) is 0 Å². The molecule has 9 nitrogen and oxygen atoms in total.